The van der Waals surface area contributed by atoms with Gasteiger partial charge in [0.1, 0.15) is 11.6 Å². The lowest BCUT2D eigenvalue weighted by Crippen LogP contribution is -2.50. The van der Waals surface area contributed by atoms with Crippen LogP contribution in [-0.4, -0.2) is 85.6 Å². The number of rotatable bonds is 10. The van der Waals surface area contributed by atoms with Crippen LogP contribution in [0.25, 0.3) is 0 Å². The number of nitrogens with one attached hydrogen (secondary N) is 4. The van der Waals surface area contributed by atoms with Gasteiger partial charge in [-0.15, -0.1) is 0 Å². The first-order valence-corrected chi connectivity index (χ1v) is 13.7. The first kappa shape index (κ1) is 31.3. The zero-order valence-corrected chi connectivity index (χ0v) is 23.7. The molecule has 2 aliphatic rings. The second-order valence-corrected chi connectivity index (χ2v) is 10.9. The number of nitrogens with zero attached hydrogens (tertiary/aromatic N) is 2. The number of carbonyl (C=O) groups is 4. The molecule has 216 valence electrons. The van der Waals surface area contributed by atoms with Gasteiger partial charge in [0.25, 0.3) is 0 Å². The number of hydrazone groups is 1. The molecule has 3 atom stereocenters. The number of carbonyl (C=O) groups excluding carboxylic acids is 4. The lowest BCUT2D eigenvalue weighted by molar-refractivity contribution is -0.126. The van der Waals surface area contributed by atoms with E-state index in [-0.39, 0.29) is 30.4 Å². The molecule has 0 aromatic rings. The van der Waals surface area contributed by atoms with Crippen LogP contribution in [0.15, 0.2) is 5.10 Å². The molecule has 1 aliphatic heterocycles. The maximum atomic E-state index is 13.1. The van der Waals surface area contributed by atoms with Crippen LogP contribution in [-0.2, 0) is 19.1 Å². The summed E-state index contributed by atoms with van der Waals surface area (Å²) in [6.45, 7) is 10.4. The zero-order valence-electron chi connectivity index (χ0n) is 23.7. The number of likely N-dealkylation sites (tertiary alicyclic amines) is 1. The normalized spacial score (nSPS) is 24.5. The largest absolute Gasteiger partial charge is 0.444 e. The Bertz CT molecular complexity index is 837. The molecule has 2 rings (SSSR count). The Morgan fingerprint density at radius 1 is 1.08 bits per heavy atom. The average molecular weight is 539 g/mol. The minimum absolute atomic E-state index is 0.0568. The van der Waals surface area contributed by atoms with Gasteiger partial charge < -0.3 is 25.4 Å². The van der Waals surface area contributed by atoms with Gasteiger partial charge >= 0.3 is 12.1 Å². The smallest absolute Gasteiger partial charge is 0.411 e. The van der Waals surface area contributed by atoms with Gasteiger partial charge in [0.15, 0.2) is 0 Å². The van der Waals surface area contributed by atoms with E-state index in [1.807, 2.05) is 13.8 Å². The fourth-order valence-electron chi connectivity index (χ4n) is 4.74. The summed E-state index contributed by atoms with van der Waals surface area (Å²) in [4.78, 5) is 51.2. The summed E-state index contributed by atoms with van der Waals surface area (Å²) >= 11 is 0. The number of amides is 5. The molecule has 0 unspecified atom stereocenters. The molecule has 1 heterocycles. The molecule has 12 heteroatoms. The molecule has 0 aromatic heterocycles. The maximum Gasteiger partial charge on any atom is 0.411 e. The first-order chi connectivity index (χ1) is 18.0. The highest BCUT2D eigenvalue weighted by Gasteiger charge is 2.42. The Kier molecular flexibility index (Phi) is 12.3. The zero-order chi connectivity index (χ0) is 28.3. The van der Waals surface area contributed by atoms with Crippen molar-refractivity contribution in [3.05, 3.63) is 0 Å². The summed E-state index contributed by atoms with van der Waals surface area (Å²) < 4.78 is 11.2. The van der Waals surface area contributed by atoms with Gasteiger partial charge in [0.05, 0.1) is 18.7 Å². The SMILES string of the molecule is CCO[C@@H]1C[C@@H](C(=O)N[C@H](/C=N\NC(=O)NCC2CCC(C(=O)NC)CC2)CC)N(C(=O)OC(C)(C)C)C1. The molecule has 12 nitrogen and oxygen atoms in total. The van der Waals surface area contributed by atoms with E-state index >= 15 is 0 Å². The minimum atomic E-state index is -0.724. The molecule has 2 fully saturated rings. The first-order valence-electron chi connectivity index (χ1n) is 13.7. The van der Waals surface area contributed by atoms with Gasteiger partial charge in [-0.25, -0.2) is 15.0 Å². The standard InChI is InChI=1S/C26H46N6O6/c1-7-19(15-29-31-24(35)28-14-17-9-11-18(12-10-17)22(33)27-6)30-23(34)21-13-20(37-8-2)16-32(21)25(36)38-26(3,4)5/h15,17-21H,7-14,16H2,1-6H3,(H,27,33)(H,30,34)(H2,28,31,35)/b29-15-/t17?,18?,19-,20+,21-/m0/s1. The van der Waals surface area contributed by atoms with Gasteiger partial charge in [-0.2, -0.15) is 5.10 Å². The molecule has 0 radical (unpaired) electrons. The van der Waals surface area contributed by atoms with E-state index in [9.17, 15) is 19.2 Å². The Hall–Kier alpha value is -2.89. The molecule has 0 spiro atoms. The van der Waals surface area contributed by atoms with Crippen molar-refractivity contribution in [3.8, 4) is 0 Å². The fraction of sp³-hybridized carbons (Fsp3) is 0.808. The summed E-state index contributed by atoms with van der Waals surface area (Å²) in [5.74, 6) is 0.142. The van der Waals surface area contributed by atoms with Crippen molar-refractivity contribution in [3.63, 3.8) is 0 Å². The molecule has 1 saturated carbocycles. The number of hydrogen-bond donors (Lipinski definition) is 4. The van der Waals surface area contributed by atoms with Crippen LogP contribution in [0.2, 0.25) is 0 Å². The quantitative estimate of drug-likeness (QED) is 0.247. The average Bonchev–Trinajstić information content (AvgIpc) is 3.30. The van der Waals surface area contributed by atoms with Gasteiger partial charge in [0, 0.05) is 38.8 Å². The van der Waals surface area contributed by atoms with Crippen molar-refractivity contribution >= 4 is 30.2 Å². The molecule has 4 N–H and O–H groups in total. The Morgan fingerprint density at radius 3 is 2.34 bits per heavy atom. The van der Waals surface area contributed by atoms with Gasteiger partial charge in [-0.1, -0.05) is 6.92 Å². The van der Waals surface area contributed by atoms with Crippen molar-refractivity contribution in [2.45, 2.75) is 96.9 Å². The summed E-state index contributed by atoms with van der Waals surface area (Å²) in [6.07, 6.45) is 5.00. The highest BCUT2D eigenvalue weighted by molar-refractivity contribution is 5.88. The predicted molar refractivity (Wildman–Crippen MR) is 144 cm³/mol. The van der Waals surface area contributed by atoms with Crippen molar-refractivity contribution < 1.29 is 28.7 Å². The van der Waals surface area contributed by atoms with Crippen LogP contribution in [0.5, 0.6) is 0 Å². The molecule has 38 heavy (non-hydrogen) atoms. The molecule has 5 amide bonds. The van der Waals surface area contributed by atoms with E-state index < -0.39 is 29.8 Å². The van der Waals surface area contributed by atoms with Crippen LogP contribution in [0, 0.1) is 11.8 Å². The van der Waals surface area contributed by atoms with Crippen molar-refractivity contribution in [2.24, 2.45) is 16.9 Å². The van der Waals surface area contributed by atoms with Crippen molar-refractivity contribution in [1.82, 2.24) is 26.3 Å². The fourth-order valence-corrected chi connectivity index (χ4v) is 4.74. The Labute approximate surface area is 226 Å². The van der Waals surface area contributed by atoms with E-state index in [2.05, 4.69) is 26.5 Å². The van der Waals surface area contributed by atoms with Crippen LogP contribution in [0.1, 0.15) is 73.1 Å². The second-order valence-electron chi connectivity index (χ2n) is 10.9. The lowest BCUT2D eigenvalue weighted by Gasteiger charge is -2.28. The van der Waals surface area contributed by atoms with Crippen molar-refractivity contribution in [1.29, 1.82) is 0 Å². The van der Waals surface area contributed by atoms with Gasteiger partial charge in [-0.05, 0) is 65.7 Å². The van der Waals surface area contributed by atoms with Crippen LogP contribution < -0.4 is 21.4 Å². The predicted octanol–water partition coefficient (Wildman–Crippen LogP) is 2.13. The molecule has 0 aromatic carbocycles. The molecule has 1 saturated heterocycles. The Morgan fingerprint density at radius 2 is 1.76 bits per heavy atom. The maximum absolute atomic E-state index is 13.1. The molecular formula is C26H46N6O6. The van der Waals surface area contributed by atoms with E-state index in [0.717, 1.165) is 25.7 Å². The molecular weight excluding hydrogens is 492 g/mol. The highest BCUT2D eigenvalue weighted by atomic mass is 16.6. The molecule has 0 bridgehead atoms. The topological polar surface area (TPSA) is 150 Å². The third-order valence-electron chi connectivity index (χ3n) is 6.80. The van der Waals surface area contributed by atoms with E-state index in [1.54, 1.807) is 27.8 Å². The number of ether oxygens (including phenoxy) is 2. The summed E-state index contributed by atoms with van der Waals surface area (Å²) in [5.41, 5.74) is 1.76. The van der Waals surface area contributed by atoms with E-state index in [0.29, 0.717) is 31.9 Å². The number of urea groups is 1. The third-order valence-corrected chi connectivity index (χ3v) is 6.80. The molecule has 1 aliphatic carbocycles. The Balaban J connectivity index is 1.82. The lowest BCUT2D eigenvalue weighted by atomic mass is 9.81. The summed E-state index contributed by atoms with van der Waals surface area (Å²) in [6, 6.07) is -1.59. The van der Waals surface area contributed by atoms with Crippen molar-refractivity contribution in [2.75, 3.05) is 26.7 Å². The van der Waals surface area contributed by atoms with E-state index in [1.165, 1.54) is 11.1 Å². The third kappa shape index (κ3) is 10.1. The monoisotopic (exact) mass is 538 g/mol. The van der Waals surface area contributed by atoms with Gasteiger partial charge in [0.2, 0.25) is 11.8 Å². The highest BCUT2D eigenvalue weighted by Crippen LogP contribution is 2.28. The second kappa shape index (κ2) is 14.9. The number of hydrogen-bond acceptors (Lipinski definition) is 7. The summed E-state index contributed by atoms with van der Waals surface area (Å²) in [5, 5.41) is 12.4. The van der Waals surface area contributed by atoms with Crippen LogP contribution in [0.4, 0.5) is 9.59 Å². The summed E-state index contributed by atoms with van der Waals surface area (Å²) in [7, 11) is 1.65. The van der Waals surface area contributed by atoms with E-state index in [4.69, 9.17) is 9.47 Å². The van der Waals surface area contributed by atoms with Crippen LogP contribution >= 0.6 is 0 Å². The van der Waals surface area contributed by atoms with Gasteiger partial charge in [-0.3, -0.25) is 14.5 Å². The van der Waals surface area contributed by atoms with Crippen LogP contribution in [0.3, 0.4) is 0 Å². The minimum Gasteiger partial charge on any atom is -0.444 e.